The third-order valence-electron chi connectivity index (χ3n) is 0. The van der Waals surface area contributed by atoms with E-state index in [0.717, 1.165) is 15.0 Å². The monoisotopic (exact) mass is 254 g/mol. The van der Waals surface area contributed by atoms with Crippen molar-refractivity contribution in [2.75, 3.05) is 0 Å². The molecule has 0 amide bonds. The Hall–Kier alpha value is 1.44. The Bertz CT molecular complexity index is 7.51. The summed E-state index contributed by atoms with van der Waals surface area (Å²) < 4.78 is 0. The molecule has 0 spiro atoms. The van der Waals surface area contributed by atoms with Crippen LogP contribution in [-0.4, -0.2) is 15.0 Å². The van der Waals surface area contributed by atoms with Crippen LogP contribution in [0, 0.1) is 14.9 Å². The van der Waals surface area contributed by atoms with Crippen LogP contribution in [-0.2, 0) is 27.3 Å². The van der Waals surface area contributed by atoms with Crippen LogP contribution in [0.3, 0.4) is 0 Å². The topological polar surface area (TPSA) is 0 Å². The first-order chi connectivity index (χ1) is 1.41. The Morgan fingerprint density at radius 2 is 1.00 bits per heavy atom. The fraction of sp³-hybridized carbons (Fsp3) is 0.500. The van der Waals surface area contributed by atoms with E-state index in [9.17, 15) is 0 Å². The van der Waals surface area contributed by atoms with Gasteiger partial charge in [0.25, 0.3) is 0 Å². The molecule has 0 N–H and O–H groups in total. The third kappa shape index (κ3) is 51.7. The van der Waals surface area contributed by atoms with Crippen LogP contribution in [0.4, 0.5) is 0 Å². The molecular weight excluding hydrogens is 239 g/mol. The fourth-order valence-corrected chi connectivity index (χ4v) is 0. The molecule has 0 fully saturated rings. The maximum atomic E-state index is 2.19. The summed E-state index contributed by atoms with van der Waals surface area (Å²) in [5.74, 6) is 4.38. The Kier molecular flexibility index (Phi) is 139. The van der Waals surface area contributed by atoms with Crippen molar-refractivity contribution in [2.24, 2.45) is 0 Å². The summed E-state index contributed by atoms with van der Waals surface area (Å²) in [5.41, 5.74) is 0. The standard InChI is InChI=1S/C2H6Se.2CH3.Cd/c1-3-2;;;/h1-2H3;2*1H3;/q;2*-1;+2. The smallest absolute Gasteiger partial charge is 0.358 e. The summed E-state index contributed by atoms with van der Waals surface area (Å²) in [4.78, 5) is 0. The van der Waals surface area contributed by atoms with Crippen LogP contribution in [0.1, 0.15) is 0 Å². The second-order valence-electron chi connectivity index (χ2n) is 0.408. The van der Waals surface area contributed by atoms with Crippen LogP contribution < -0.4 is 0 Å². The molecule has 0 unspecified atom stereocenters. The summed E-state index contributed by atoms with van der Waals surface area (Å²) in [6, 6.07) is 0. The average molecular weight is 252 g/mol. The van der Waals surface area contributed by atoms with Crippen LogP contribution in [0.15, 0.2) is 0 Å². The van der Waals surface area contributed by atoms with Crippen LogP contribution in [0.5, 0.6) is 0 Å². The molecule has 6 heavy (non-hydrogen) atoms. The molecule has 0 aliphatic heterocycles. The average Bonchev–Trinajstić information content (AvgIpc) is 0.918. The van der Waals surface area contributed by atoms with Gasteiger partial charge in [-0.1, -0.05) is 0 Å². The van der Waals surface area contributed by atoms with Gasteiger partial charge in [-0.05, 0) is 0 Å². The zero-order chi connectivity index (χ0) is 2.71. The summed E-state index contributed by atoms with van der Waals surface area (Å²) in [7, 11) is 0. The minimum absolute atomic E-state index is 0. The van der Waals surface area contributed by atoms with Gasteiger partial charge in [-0.2, -0.15) is 0 Å². The SMILES string of the molecule is C[Se]C.[CH3-].[CH3-].[Cd+2]. The molecule has 0 aromatic heterocycles. The van der Waals surface area contributed by atoms with Crippen molar-refractivity contribution >= 4 is 15.0 Å². The van der Waals surface area contributed by atoms with Gasteiger partial charge in [0.15, 0.2) is 0 Å². The molecule has 0 nitrogen and oxygen atoms in total. The van der Waals surface area contributed by atoms with E-state index in [4.69, 9.17) is 0 Å². The van der Waals surface area contributed by atoms with Gasteiger partial charge in [0, 0.05) is 0 Å². The number of hydrogen-bond acceptors (Lipinski definition) is 0. The first-order valence-electron chi connectivity index (χ1n) is 0.816. The van der Waals surface area contributed by atoms with Crippen LogP contribution in [0.25, 0.3) is 0 Å². The zero-order valence-corrected chi connectivity index (χ0v) is 10.9. The normalized spacial score (nSPS) is 3.00. The number of hydrogen-bond donors (Lipinski definition) is 0. The molecular formula is C4H12CdSe. The Morgan fingerprint density at radius 1 is 1.00 bits per heavy atom. The molecule has 0 aliphatic carbocycles. The maximum Gasteiger partial charge on any atom is 2.00 e. The molecule has 0 aromatic carbocycles. The predicted octanol–water partition coefficient (Wildman–Crippen LogP) is 1.68. The molecule has 0 atom stereocenters. The minimum atomic E-state index is 0. The molecule has 0 rings (SSSR count). The molecule has 0 bridgehead atoms. The molecule has 0 radical (unpaired) electrons. The van der Waals surface area contributed by atoms with Gasteiger partial charge in [-0.15, -0.1) is 0 Å². The molecule has 0 heterocycles. The van der Waals surface area contributed by atoms with Gasteiger partial charge in [0.1, 0.15) is 0 Å². The van der Waals surface area contributed by atoms with Gasteiger partial charge in [0.05, 0.1) is 0 Å². The van der Waals surface area contributed by atoms with Crippen molar-refractivity contribution in [3.8, 4) is 0 Å². The fourth-order valence-electron chi connectivity index (χ4n) is 0. The predicted molar refractivity (Wildman–Crippen MR) is 30.3 cm³/mol. The third-order valence-corrected chi connectivity index (χ3v) is 0. The second-order valence-corrected chi connectivity index (χ2v) is 2.12. The zero-order valence-electron chi connectivity index (χ0n) is 5.12. The molecule has 2 heteroatoms. The summed E-state index contributed by atoms with van der Waals surface area (Å²) in [5, 5.41) is 0. The van der Waals surface area contributed by atoms with E-state index in [2.05, 4.69) is 11.6 Å². The molecule has 0 saturated carbocycles. The van der Waals surface area contributed by atoms with Crippen molar-refractivity contribution in [3.05, 3.63) is 14.9 Å². The van der Waals surface area contributed by atoms with E-state index in [1.807, 2.05) is 0 Å². The maximum absolute atomic E-state index is 2.19. The molecule has 0 aliphatic rings. The van der Waals surface area contributed by atoms with Crippen LogP contribution >= 0.6 is 0 Å². The Morgan fingerprint density at radius 3 is 1.00 bits per heavy atom. The van der Waals surface area contributed by atoms with Crippen molar-refractivity contribution in [3.63, 3.8) is 0 Å². The van der Waals surface area contributed by atoms with E-state index in [1.165, 1.54) is 0 Å². The molecule has 0 saturated heterocycles. The van der Waals surface area contributed by atoms with Crippen molar-refractivity contribution in [1.82, 2.24) is 0 Å². The minimum Gasteiger partial charge on any atom is -0.358 e. The quantitative estimate of drug-likeness (QED) is 0.454. The summed E-state index contributed by atoms with van der Waals surface area (Å²) >= 11 is 0.875. The van der Waals surface area contributed by atoms with Crippen molar-refractivity contribution < 1.29 is 27.3 Å². The molecule has 0 aromatic rings. The van der Waals surface area contributed by atoms with E-state index in [1.54, 1.807) is 0 Å². The van der Waals surface area contributed by atoms with Crippen molar-refractivity contribution in [1.29, 1.82) is 0 Å². The first-order valence-corrected chi connectivity index (χ1v) is 4.24. The largest absolute Gasteiger partial charge is 2.00 e. The van der Waals surface area contributed by atoms with E-state index in [-0.39, 0.29) is 42.2 Å². The van der Waals surface area contributed by atoms with Gasteiger partial charge >= 0.3 is 53.9 Å². The first kappa shape index (κ1) is 26.1. The van der Waals surface area contributed by atoms with Gasteiger partial charge in [0.2, 0.25) is 0 Å². The van der Waals surface area contributed by atoms with Gasteiger partial charge in [-0.25, -0.2) is 0 Å². The Labute approximate surface area is 68.4 Å². The van der Waals surface area contributed by atoms with E-state index < -0.39 is 0 Å². The second kappa shape index (κ2) is 32.0. The Balaban J connectivity index is -0.00000000667. The molecule has 36 valence electrons. The van der Waals surface area contributed by atoms with Gasteiger partial charge < -0.3 is 14.9 Å². The van der Waals surface area contributed by atoms with Gasteiger partial charge in [-0.3, -0.25) is 0 Å². The summed E-state index contributed by atoms with van der Waals surface area (Å²) in [6.07, 6.45) is 0. The van der Waals surface area contributed by atoms with E-state index in [0.29, 0.717) is 0 Å². The summed E-state index contributed by atoms with van der Waals surface area (Å²) in [6.45, 7) is 0. The number of rotatable bonds is 0. The van der Waals surface area contributed by atoms with E-state index >= 15 is 0 Å². The van der Waals surface area contributed by atoms with Crippen LogP contribution in [0.2, 0.25) is 11.6 Å². The van der Waals surface area contributed by atoms with Crippen molar-refractivity contribution in [2.45, 2.75) is 11.6 Å².